The highest BCUT2D eigenvalue weighted by molar-refractivity contribution is 7.89. The van der Waals surface area contributed by atoms with E-state index in [1.807, 2.05) is 20.8 Å². The van der Waals surface area contributed by atoms with Gasteiger partial charge in [0.2, 0.25) is 15.9 Å². The molecule has 0 saturated heterocycles. The third kappa shape index (κ3) is 5.24. The van der Waals surface area contributed by atoms with Crippen LogP contribution in [0.1, 0.15) is 20.8 Å². The normalized spacial score (nSPS) is 11.5. The van der Waals surface area contributed by atoms with Crippen molar-refractivity contribution in [1.29, 1.82) is 0 Å². The number of sulfonamides is 1. The zero-order valence-electron chi connectivity index (χ0n) is 12.5. The first-order chi connectivity index (χ1) is 9.63. The first-order valence-electron chi connectivity index (χ1n) is 6.61. The summed E-state index contributed by atoms with van der Waals surface area (Å²) in [5.41, 5.74) is 6.53. The van der Waals surface area contributed by atoms with E-state index in [1.54, 1.807) is 11.0 Å². The van der Waals surface area contributed by atoms with E-state index >= 15 is 0 Å². The largest absolute Gasteiger partial charge is 0.399 e. The Labute approximate surface area is 125 Å². The standard InChI is InChI=1S/C13H22N4O3S/c1-4-17(8-13(18)16-9(2)3)11-5-10(14)6-12(7-11)21(15,19)20/h5-7,9H,4,8,14H2,1-3H3,(H,16,18)(H2,15,19,20). The third-order valence-electron chi connectivity index (χ3n) is 2.77. The van der Waals surface area contributed by atoms with Gasteiger partial charge >= 0.3 is 0 Å². The van der Waals surface area contributed by atoms with Gasteiger partial charge in [0.1, 0.15) is 0 Å². The number of hydrogen-bond acceptors (Lipinski definition) is 5. The average Bonchev–Trinajstić information content (AvgIpc) is 2.33. The van der Waals surface area contributed by atoms with Gasteiger partial charge in [0.15, 0.2) is 0 Å². The first kappa shape index (κ1) is 17.3. The van der Waals surface area contributed by atoms with E-state index in [1.165, 1.54) is 12.1 Å². The number of hydrogen-bond donors (Lipinski definition) is 3. The van der Waals surface area contributed by atoms with Crippen molar-refractivity contribution in [2.24, 2.45) is 5.14 Å². The van der Waals surface area contributed by atoms with Crippen molar-refractivity contribution in [3.05, 3.63) is 18.2 Å². The van der Waals surface area contributed by atoms with Crippen LogP contribution in [0.5, 0.6) is 0 Å². The number of benzene rings is 1. The summed E-state index contributed by atoms with van der Waals surface area (Å²) in [5.74, 6) is -0.147. The van der Waals surface area contributed by atoms with E-state index in [4.69, 9.17) is 10.9 Å². The maximum absolute atomic E-state index is 11.8. The van der Waals surface area contributed by atoms with Crippen molar-refractivity contribution in [2.75, 3.05) is 23.7 Å². The number of anilines is 2. The van der Waals surface area contributed by atoms with Crippen molar-refractivity contribution in [3.8, 4) is 0 Å². The highest BCUT2D eigenvalue weighted by atomic mass is 32.2. The Hall–Kier alpha value is -1.80. The lowest BCUT2D eigenvalue weighted by atomic mass is 10.2. The molecule has 0 bridgehead atoms. The van der Waals surface area contributed by atoms with Gasteiger partial charge in [-0.25, -0.2) is 13.6 Å². The lowest BCUT2D eigenvalue weighted by molar-refractivity contribution is -0.120. The molecule has 0 aliphatic rings. The van der Waals surface area contributed by atoms with Crippen molar-refractivity contribution in [3.63, 3.8) is 0 Å². The van der Waals surface area contributed by atoms with Crippen LogP contribution in [0, 0.1) is 0 Å². The predicted octanol–water partition coefficient (Wildman–Crippen LogP) is 0.267. The van der Waals surface area contributed by atoms with E-state index in [-0.39, 0.29) is 29.1 Å². The van der Waals surface area contributed by atoms with Crippen LogP contribution >= 0.6 is 0 Å². The van der Waals surface area contributed by atoms with Crippen molar-refractivity contribution < 1.29 is 13.2 Å². The number of nitrogens with one attached hydrogen (secondary N) is 1. The summed E-state index contributed by atoms with van der Waals surface area (Å²) in [6.45, 7) is 6.24. The third-order valence-corrected chi connectivity index (χ3v) is 3.67. The zero-order chi connectivity index (χ0) is 16.2. The fourth-order valence-corrected chi connectivity index (χ4v) is 2.46. The highest BCUT2D eigenvalue weighted by Crippen LogP contribution is 2.23. The summed E-state index contributed by atoms with van der Waals surface area (Å²) in [7, 11) is -3.84. The quantitative estimate of drug-likeness (QED) is 0.651. The number of rotatable bonds is 6. The predicted molar refractivity (Wildman–Crippen MR) is 83.4 cm³/mol. The SMILES string of the molecule is CCN(CC(=O)NC(C)C)c1cc(N)cc(S(N)(=O)=O)c1. The molecule has 118 valence electrons. The summed E-state index contributed by atoms with van der Waals surface area (Å²) in [5, 5.41) is 7.90. The Morgan fingerprint density at radius 3 is 2.43 bits per heavy atom. The topological polar surface area (TPSA) is 119 Å². The minimum absolute atomic E-state index is 0.0389. The van der Waals surface area contributed by atoms with E-state index in [9.17, 15) is 13.2 Å². The second-order valence-electron chi connectivity index (χ2n) is 5.04. The van der Waals surface area contributed by atoms with Crippen LogP contribution in [0.15, 0.2) is 23.1 Å². The molecule has 1 aromatic carbocycles. The van der Waals surface area contributed by atoms with E-state index in [2.05, 4.69) is 5.32 Å². The van der Waals surface area contributed by atoms with Crippen molar-refractivity contribution in [1.82, 2.24) is 5.32 Å². The summed E-state index contributed by atoms with van der Waals surface area (Å²) in [4.78, 5) is 13.5. The van der Waals surface area contributed by atoms with Gasteiger partial charge in [0.05, 0.1) is 11.4 Å². The van der Waals surface area contributed by atoms with Gasteiger partial charge in [0, 0.05) is 24.0 Å². The Morgan fingerprint density at radius 2 is 1.95 bits per heavy atom. The second kappa shape index (κ2) is 6.77. The lowest BCUT2D eigenvalue weighted by Crippen LogP contribution is -2.40. The van der Waals surface area contributed by atoms with Crippen LogP contribution in [0.3, 0.4) is 0 Å². The first-order valence-corrected chi connectivity index (χ1v) is 8.15. The Morgan fingerprint density at radius 1 is 1.33 bits per heavy atom. The summed E-state index contributed by atoms with van der Waals surface area (Å²) in [6.07, 6.45) is 0. The summed E-state index contributed by atoms with van der Waals surface area (Å²) in [6, 6.07) is 4.36. The number of amides is 1. The molecule has 5 N–H and O–H groups in total. The number of likely N-dealkylation sites (N-methyl/N-ethyl adjacent to an activating group) is 1. The molecule has 1 aromatic rings. The monoisotopic (exact) mass is 314 g/mol. The molecule has 0 atom stereocenters. The molecule has 8 heteroatoms. The minimum Gasteiger partial charge on any atom is -0.399 e. The molecule has 0 saturated carbocycles. The van der Waals surface area contributed by atoms with Gasteiger partial charge < -0.3 is 16.0 Å². The van der Waals surface area contributed by atoms with Gasteiger partial charge in [0.25, 0.3) is 0 Å². The zero-order valence-corrected chi connectivity index (χ0v) is 13.3. The molecular formula is C13H22N4O3S. The Bertz CT molecular complexity index is 614. The molecule has 1 amide bonds. The second-order valence-corrected chi connectivity index (χ2v) is 6.60. The van der Waals surface area contributed by atoms with E-state index in [0.717, 1.165) is 0 Å². The molecule has 0 unspecified atom stereocenters. The molecule has 1 rings (SSSR count). The van der Waals surface area contributed by atoms with Crippen LogP contribution < -0.4 is 21.1 Å². The minimum atomic E-state index is -3.84. The summed E-state index contributed by atoms with van der Waals surface area (Å²) >= 11 is 0. The Kier molecular flexibility index (Phi) is 5.56. The van der Waals surface area contributed by atoms with Crippen LogP contribution in [0.25, 0.3) is 0 Å². The van der Waals surface area contributed by atoms with Crippen LogP contribution in [0.4, 0.5) is 11.4 Å². The fourth-order valence-electron chi connectivity index (χ4n) is 1.88. The van der Waals surface area contributed by atoms with Crippen LogP contribution in [-0.2, 0) is 14.8 Å². The molecule has 0 spiro atoms. The van der Waals surface area contributed by atoms with Gasteiger partial charge in [-0.2, -0.15) is 0 Å². The number of nitrogen functional groups attached to an aromatic ring is 1. The molecule has 0 heterocycles. The van der Waals surface area contributed by atoms with Crippen LogP contribution in [0.2, 0.25) is 0 Å². The van der Waals surface area contributed by atoms with Crippen LogP contribution in [-0.4, -0.2) is 33.5 Å². The average molecular weight is 314 g/mol. The van der Waals surface area contributed by atoms with Gasteiger partial charge in [-0.3, -0.25) is 4.79 Å². The number of carbonyl (C=O) groups is 1. The molecule has 0 fully saturated rings. The van der Waals surface area contributed by atoms with E-state index < -0.39 is 10.0 Å². The van der Waals surface area contributed by atoms with Gasteiger partial charge in [-0.1, -0.05) is 0 Å². The molecule has 0 aliphatic carbocycles. The van der Waals surface area contributed by atoms with E-state index in [0.29, 0.717) is 12.2 Å². The molecule has 0 aliphatic heterocycles. The number of nitrogens with zero attached hydrogens (tertiary/aromatic N) is 1. The smallest absolute Gasteiger partial charge is 0.239 e. The number of carbonyl (C=O) groups excluding carboxylic acids is 1. The molecule has 7 nitrogen and oxygen atoms in total. The molecular weight excluding hydrogens is 292 g/mol. The Balaban J connectivity index is 3.06. The molecule has 0 radical (unpaired) electrons. The number of nitrogens with two attached hydrogens (primary N) is 2. The maximum atomic E-state index is 11.8. The summed E-state index contributed by atoms with van der Waals surface area (Å²) < 4.78 is 22.9. The maximum Gasteiger partial charge on any atom is 0.239 e. The van der Waals surface area contributed by atoms with Gasteiger partial charge in [-0.05, 0) is 39.0 Å². The fraction of sp³-hybridized carbons (Fsp3) is 0.462. The lowest BCUT2D eigenvalue weighted by Gasteiger charge is -2.24. The number of primary sulfonamides is 1. The van der Waals surface area contributed by atoms with Crippen molar-refractivity contribution in [2.45, 2.75) is 31.7 Å². The highest BCUT2D eigenvalue weighted by Gasteiger charge is 2.15. The van der Waals surface area contributed by atoms with Gasteiger partial charge in [-0.15, -0.1) is 0 Å². The van der Waals surface area contributed by atoms with Crippen molar-refractivity contribution >= 4 is 27.3 Å². The molecule has 21 heavy (non-hydrogen) atoms. The molecule has 0 aromatic heterocycles.